The topological polar surface area (TPSA) is 89.8 Å². The number of alkyl halides is 3. The lowest BCUT2D eigenvalue weighted by Gasteiger charge is -2.31. The molecule has 0 saturated carbocycles. The van der Waals surface area contributed by atoms with Gasteiger partial charge in [-0.05, 0) is 26.0 Å². The van der Waals surface area contributed by atoms with Crippen LogP contribution >= 0.6 is 0 Å². The fourth-order valence-electron chi connectivity index (χ4n) is 3.68. The van der Waals surface area contributed by atoms with Crippen LogP contribution in [0.1, 0.15) is 32.9 Å². The monoisotopic (exact) mass is 480 g/mol. The summed E-state index contributed by atoms with van der Waals surface area (Å²) in [5, 5.41) is 10.7. The van der Waals surface area contributed by atoms with Crippen LogP contribution in [0.3, 0.4) is 0 Å². The summed E-state index contributed by atoms with van der Waals surface area (Å²) in [6.07, 6.45) is 9.06. The van der Waals surface area contributed by atoms with Crippen LogP contribution in [-0.4, -0.2) is 63.7 Å². The van der Waals surface area contributed by atoms with Crippen molar-refractivity contribution in [3.05, 3.63) is 35.6 Å². The van der Waals surface area contributed by atoms with Gasteiger partial charge in [-0.1, -0.05) is 13.8 Å². The lowest BCUT2D eigenvalue weighted by atomic mass is 10.2. The normalized spacial score (nSPS) is 19.8. The zero-order chi connectivity index (χ0) is 25.5. The Bertz CT molecular complexity index is 977. The second kappa shape index (κ2) is 11.7. The molecule has 1 aromatic rings. The number of aromatic nitrogens is 2. The van der Waals surface area contributed by atoms with Gasteiger partial charge in [-0.3, -0.25) is 14.5 Å². The number of hydrazine groups is 1. The second-order valence-corrected chi connectivity index (χ2v) is 7.41. The van der Waals surface area contributed by atoms with E-state index in [0.29, 0.717) is 5.82 Å². The molecule has 34 heavy (non-hydrogen) atoms. The summed E-state index contributed by atoms with van der Waals surface area (Å²) in [6.45, 7) is 8.82. The van der Waals surface area contributed by atoms with Crippen LogP contribution in [0.15, 0.2) is 34.9 Å². The van der Waals surface area contributed by atoms with Gasteiger partial charge in [0, 0.05) is 45.1 Å². The number of carbonyl (C=O) groups is 1. The number of nitrogens with one attached hydrogen (secondary N) is 3. The van der Waals surface area contributed by atoms with Crippen LogP contribution in [0.2, 0.25) is 0 Å². The molecule has 0 aromatic carbocycles. The number of rotatable bonds is 2. The molecule has 3 aliphatic rings. The molecule has 0 bridgehead atoms. The van der Waals surface area contributed by atoms with Gasteiger partial charge in [0.2, 0.25) is 0 Å². The van der Waals surface area contributed by atoms with E-state index in [1.54, 1.807) is 11.2 Å². The van der Waals surface area contributed by atoms with Crippen LogP contribution in [0.25, 0.3) is 0 Å². The van der Waals surface area contributed by atoms with Crippen LogP contribution in [0.5, 0.6) is 0 Å². The minimum absolute atomic E-state index is 0.154. The van der Waals surface area contributed by atoms with E-state index in [1.807, 2.05) is 19.9 Å². The molecule has 1 fully saturated rings. The third kappa shape index (κ3) is 5.98. The molecule has 0 radical (unpaired) electrons. The maximum atomic E-state index is 13.2. The Morgan fingerprint density at radius 1 is 1.29 bits per heavy atom. The average molecular weight is 481 g/mol. The molecule has 1 amide bonds. The smallest absolute Gasteiger partial charge is 0.352 e. The number of aryl methyl sites for hydroxylation is 1. The fraction of sp³-hybridized carbons (Fsp3) is 0.500. The maximum Gasteiger partial charge on any atom is 0.437 e. The van der Waals surface area contributed by atoms with Crippen LogP contribution in [0.4, 0.5) is 18.9 Å². The molecule has 9 nitrogen and oxygen atoms in total. The molecule has 12 heteroatoms. The molecule has 186 valence electrons. The van der Waals surface area contributed by atoms with Gasteiger partial charge in [-0.25, -0.2) is 10.4 Å². The number of amidine groups is 1. The van der Waals surface area contributed by atoms with Gasteiger partial charge in [0.25, 0.3) is 5.91 Å². The summed E-state index contributed by atoms with van der Waals surface area (Å²) < 4.78 is 40.6. The lowest BCUT2D eigenvalue weighted by molar-refractivity contribution is -0.140. The number of nitrogens with zero attached hydrogens (tertiary/aromatic N) is 5. The summed E-state index contributed by atoms with van der Waals surface area (Å²) >= 11 is 0. The minimum atomic E-state index is -4.67. The minimum Gasteiger partial charge on any atom is -0.352 e. The molecule has 1 aromatic heterocycles. The van der Waals surface area contributed by atoms with E-state index in [1.165, 1.54) is 7.05 Å². The van der Waals surface area contributed by atoms with E-state index in [4.69, 9.17) is 0 Å². The second-order valence-electron chi connectivity index (χ2n) is 7.41. The number of anilines is 1. The van der Waals surface area contributed by atoms with Crippen molar-refractivity contribution in [2.24, 2.45) is 12.0 Å². The number of terminal acetylenes is 1. The van der Waals surface area contributed by atoms with Gasteiger partial charge in [0.1, 0.15) is 5.84 Å². The highest BCUT2D eigenvalue weighted by atomic mass is 19.4. The number of hydrogen-bond donors (Lipinski definition) is 3. The Labute approximate surface area is 197 Å². The maximum absolute atomic E-state index is 13.2. The van der Waals surface area contributed by atoms with Crippen LogP contribution in [0, 0.1) is 12.8 Å². The van der Waals surface area contributed by atoms with E-state index >= 15 is 0 Å². The van der Waals surface area contributed by atoms with E-state index in [-0.39, 0.29) is 23.8 Å². The van der Waals surface area contributed by atoms with Crippen LogP contribution < -0.4 is 16.1 Å². The van der Waals surface area contributed by atoms with Crippen molar-refractivity contribution in [3.8, 4) is 12.8 Å². The van der Waals surface area contributed by atoms with Crippen molar-refractivity contribution < 1.29 is 18.0 Å². The molecule has 1 atom stereocenters. The Hall–Kier alpha value is -3.30. The summed E-state index contributed by atoms with van der Waals surface area (Å²) in [4.78, 5) is 19.6. The Balaban J connectivity index is 0.000000970. The van der Waals surface area contributed by atoms with Gasteiger partial charge in [-0.15, -0.1) is 12.8 Å². The highest BCUT2D eigenvalue weighted by molar-refractivity contribution is 6.06. The fourth-order valence-corrected chi connectivity index (χ4v) is 3.68. The lowest BCUT2D eigenvalue weighted by Crippen LogP contribution is -2.42. The predicted octanol–water partition coefficient (Wildman–Crippen LogP) is 2.29. The van der Waals surface area contributed by atoms with Crippen molar-refractivity contribution in [1.29, 1.82) is 0 Å². The Morgan fingerprint density at radius 3 is 2.68 bits per heavy atom. The zero-order valence-electron chi connectivity index (χ0n) is 19.8. The molecule has 4 rings (SSSR count). The number of hydrogen-bond acceptors (Lipinski definition) is 7. The third-order valence-corrected chi connectivity index (χ3v) is 5.16. The van der Waals surface area contributed by atoms with Gasteiger partial charge in [0.15, 0.2) is 11.5 Å². The molecule has 0 aliphatic carbocycles. The quantitative estimate of drug-likeness (QED) is 0.563. The molecule has 1 saturated heterocycles. The number of fused-ring (bicyclic) bond motifs is 1. The number of amides is 1. The Kier molecular flexibility index (Phi) is 9.28. The number of carbonyl (C=O) groups excluding carboxylic acids is 1. The SMILES string of the molecule is C#C.CC.C[C@H]1CNCCCN1C1=NC2=C(C(=O)Nc3cn(C)nc3C(F)(F)F)CNN2C=C1. The first kappa shape index (κ1) is 26.9. The number of halogens is 3. The highest BCUT2D eigenvalue weighted by Crippen LogP contribution is 2.34. The molecular formula is C22H31F3N8O. The molecule has 4 heterocycles. The van der Waals surface area contributed by atoms with Crippen molar-refractivity contribution >= 4 is 17.4 Å². The zero-order valence-corrected chi connectivity index (χ0v) is 19.8. The van der Waals surface area contributed by atoms with E-state index in [0.717, 1.165) is 42.8 Å². The van der Waals surface area contributed by atoms with Crippen molar-refractivity contribution in [1.82, 2.24) is 30.4 Å². The summed E-state index contributed by atoms with van der Waals surface area (Å²) in [6, 6.07) is 0.222. The van der Waals surface area contributed by atoms with Crippen LogP contribution in [-0.2, 0) is 18.0 Å². The molecule has 3 aliphatic heterocycles. The van der Waals surface area contributed by atoms with Gasteiger partial charge in [0.05, 0.1) is 11.3 Å². The Morgan fingerprint density at radius 2 is 2.00 bits per heavy atom. The van der Waals surface area contributed by atoms with Crippen molar-refractivity contribution in [2.75, 3.05) is 31.5 Å². The molecule has 0 spiro atoms. The van der Waals surface area contributed by atoms with Crippen molar-refractivity contribution in [2.45, 2.75) is 39.4 Å². The largest absolute Gasteiger partial charge is 0.437 e. The predicted molar refractivity (Wildman–Crippen MR) is 125 cm³/mol. The molecule has 0 unspecified atom stereocenters. The first-order valence-electron chi connectivity index (χ1n) is 11.0. The van der Waals surface area contributed by atoms with E-state index < -0.39 is 17.8 Å². The van der Waals surface area contributed by atoms with E-state index in [9.17, 15) is 18.0 Å². The standard InChI is InChI=1S/C18H23F3N8O.C2H6.C2H2/c1-11-8-22-5-3-6-28(11)14-4-7-29-16(25-14)12(9-23-29)17(30)24-13-10-27(2)26-15(13)18(19,20)21;2*1-2/h4,7,10-11,22-23H,3,5-6,8-9H2,1-2H3,(H,24,30);1-2H3;1-2H/t11-;;/m0../s1. The molecular weight excluding hydrogens is 449 g/mol. The van der Waals surface area contributed by atoms with E-state index in [2.05, 4.69) is 50.8 Å². The third-order valence-electron chi connectivity index (χ3n) is 5.16. The highest BCUT2D eigenvalue weighted by Gasteiger charge is 2.38. The van der Waals surface area contributed by atoms with Crippen molar-refractivity contribution in [3.63, 3.8) is 0 Å². The van der Waals surface area contributed by atoms with Gasteiger partial charge >= 0.3 is 6.18 Å². The summed E-state index contributed by atoms with van der Waals surface area (Å²) in [5.74, 6) is 0.457. The average Bonchev–Trinajstić information content (AvgIpc) is 3.34. The van der Waals surface area contributed by atoms with Gasteiger partial charge in [-0.2, -0.15) is 18.3 Å². The first-order valence-corrected chi connectivity index (χ1v) is 11.0. The number of aliphatic imine (C=N–C) groups is 1. The summed E-state index contributed by atoms with van der Waals surface area (Å²) in [7, 11) is 1.37. The summed E-state index contributed by atoms with van der Waals surface area (Å²) in [5.41, 5.74) is 1.74. The first-order chi connectivity index (χ1) is 16.2. The molecule has 3 N–H and O–H groups in total. The van der Waals surface area contributed by atoms with Gasteiger partial charge < -0.3 is 15.5 Å².